The Balaban J connectivity index is 1.67. The van der Waals surface area contributed by atoms with Gasteiger partial charge in [0.2, 0.25) is 11.8 Å². The molecule has 9 nitrogen and oxygen atoms in total. The maximum absolute atomic E-state index is 13.0. The first-order valence-electron chi connectivity index (χ1n) is 11.4. The number of hydrogen-bond acceptors (Lipinski definition) is 7. The van der Waals surface area contributed by atoms with Crippen molar-refractivity contribution in [2.24, 2.45) is 4.99 Å². The average molecular weight is 496 g/mol. The lowest BCUT2D eigenvalue weighted by atomic mass is 10.2. The average Bonchev–Trinajstić information content (AvgIpc) is 3.37. The van der Waals surface area contributed by atoms with Crippen LogP contribution in [0.2, 0.25) is 0 Å². The van der Waals surface area contributed by atoms with Gasteiger partial charge in [-0.15, -0.1) is 0 Å². The van der Waals surface area contributed by atoms with Crippen LogP contribution >= 0.6 is 11.3 Å². The smallest absolute Gasteiger partial charge is 0.338 e. The molecule has 2 aromatic carbocycles. The van der Waals surface area contributed by atoms with E-state index in [2.05, 4.69) is 4.99 Å². The third-order valence-corrected chi connectivity index (χ3v) is 6.52. The standard InChI is InChI=1S/C25H25N3O6S/c1-3-33-14-13-27-19-10-7-17(24(32)34-4-2)15-20(19)35-25(27)26-23(31)16-5-8-18(9-6-16)28-21(29)11-12-22(28)30/h5-10,15H,3-4,11-14H2,1-2H3. The minimum absolute atomic E-state index is 0.195. The molecule has 2 heterocycles. The Labute approximate surface area is 205 Å². The molecule has 1 aromatic heterocycles. The van der Waals surface area contributed by atoms with Gasteiger partial charge >= 0.3 is 5.97 Å². The van der Waals surface area contributed by atoms with Gasteiger partial charge in [0, 0.05) is 31.6 Å². The number of nitrogens with zero attached hydrogens (tertiary/aromatic N) is 3. The number of ether oxygens (including phenoxy) is 2. The molecule has 0 unspecified atom stereocenters. The zero-order valence-corrected chi connectivity index (χ0v) is 20.3. The number of carbonyl (C=O) groups is 4. The predicted octanol–water partition coefficient (Wildman–Crippen LogP) is 3.31. The quantitative estimate of drug-likeness (QED) is 0.270. The van der Waals surface area contributed by atoms with E-state index in [0.29, 0.717) is 41.4 Å². The maximum atomic E-state index is 13.0. The van der Waals surface area contributed by atoms with Gasteiger partial charge in [-0.2, -0.15) is 4.99 Å². The number of benzene rings is 2. The molecule has 3 aromatic rings. The number of esters is 1. The van der Waals surface area contributed by atoms with Crippen molar-refractivity contribution >= 4 is 50.9 Å². The summed E-state index contributed by atoms with van der Waals surface area (Å²) in [7, 11) is 0. The van der Waals surface area contributed by atoms with Crippen molar-refractivity contribution in [3.05, 3.63) is 58.4 Å². The Morgan fingerprint density at radius 3 is 2.31 bits per heavy atom. The zero-order chi connectivity index (χ0) is 24.9. The lowest BCUT2D eigenvalue weighted by Crippen LogP contribution is -2.28. The minimum Gasteiger partial charge on any atom is -0.462 e. The first-order valence-corrected chi connectivity index (χ1v) is 12.2. The fourth-order valence-electron chi connectivity index (χ4n) is 3.79. The number of fused-ring (bicyclic) bond motifs is 1. The molecule has 3 amide bonds. The lowest BCUT2D eigenvalue weighted by molar-refractivity contribution is -0.121. The summed E-state index contributed by atoms with van der Waals surface area (Å²) in [5, 5.41) is 0. The van der Waals surface area contributed by atoms with E-state index < -0.39 is 11.9 Å². The number of aromatic nitrogens is 1. The molecule has 0 aliphatic carbocycles. The van der Waals surface area contributed by atoms with E-state index in [9.17, 15) is 19.2 Å². The second-order valence-corrected chi connectivity index (χ2v) is 8.73. The van der Waals surface area contributed by atoms with E-state index in [1.54, 1.807) is 43.3 Å². The Hall–Kier alpha value is -3.63. The SMILES string of the molecule is CCOCCn1c(=NC(=O)c2ccc(N3C(=O)CCC3=O)cc2)sc2cc(C(=O)OCC)ccc21. The summed E-state index contributed by atoms with van der Waals surface area (Å²) in [4.78, 5) is 55.0. The summed E-state index contributed by atoms with van der Waals surface area (Å²) in [5.74, 6) is -1.37. The second kappa shape index (κ2) is 10.7. The number of hydrogen-bond donors (Lipinski definition) is 0. The van der Waals surface area contributed by atoms with E-state index in [-0.39, 0.29) is 31.3 Å². The van der Waals surface area contributed by atoms with Crippen LogP contribution in [0, 0.1) is 0 Å². The van der Waals surface area contributed by atoms with E-state index in [1.165, 1.54) is 11.3 Å². The minimum atomic E-state index is -0.460. The molecule has 0 N–H and O–H groups in total. The molecule has 182 valence electrons. The molecule has 0 atom stereocenters. The molecule has 0 spiro atoms. The number of imide groups is 1. The van der Waals surface area contributed by atoms with Crippen LogP contribution in [0.5, 0.6) is 0 Å². The van der Waals surface area contributed by atoms with Gasteiger partial charge in [0.1, 0.15) is 0 Å². The summed E-state index contributed by atoms with van der Waals surface area (Å²) >= 11 is 1.29. The molecule has 35 heavy (non-hydrogen) atoms. The van der Waals surface area contributed by atoms with Crippen LogP contribution in [0.15, 0.2) is 47.5 Å². The van der Waals surface area contributed by atoms with Gasteiger partial charge < -0.3 is 14.0 Å². The van der Waals surface area contributed by atoms with Gasteiger partial charge in [0.15, 0.2) is 4.80 Å². The molecule has 1 saturated heterocycles. The lowest BCUT2D eigenvalue weighted by Gasteiger charge is -2.13. The fourth-order valence-corrected chi connectivity index (χ4v) is 4.88. The highest BCUT2D eigenvalue weighted by Gasteiger charge is 2.30. The van der Waals surface area contributed by atoms with E-state index in [0.717, 1.165) is 15.1 Å². The largest absolute Gasteiger partial charge is 0.462 e. The van der Waals surface area contributed by atoms with Crippen molar-refractivity contribution in [2.75, 3.05) is 24.7 Å². The third kappa shape index (κ3) is 5.23. The van der Waals surface area contributed by atoms with E-state index in [4.69, 9.17) is 9.47 Å². The molecule has 0 bridgehead atoms. The van der Waals surface area contributed by atoms with Crippen molar-refractivity contribution in [2.45, 2.75) is 33.2 Å². The van der Waals surface area contributed by atoms with E-state index >= 15 is 0 Å². The molecule has 4 rings (SSSR count). The first-order chi connectivity index (χ1) is 16.9. The Morgan fingerprint density at radius 2 is 1.66 bits per heavy atom. The number of thiazole rings is 1. The van der Waals surface area contributed by atoms with Crippen molar-refractivity contribution in [3.63, 3.8) is 0 Å². The summed E-state index contributed by atoms with van der Waals surface area (Å²) in [6.07, 6.45) is 0.390. The van der Waals surface area contributed by atoms with Crippen LogP contribution in [0.3, 0.4) is 0 Å². The normalized spacial score (nSPS) is 14.2. The van der Waals surface area contributed by atoms with Crippen LogP contribution in [0.1, 0.15) is 47.4 Å². The molecule has 0 radical (unpaired) electrons. The Bertz CT molecular complexity index is 1340. The molecule has 0 saturated carbocycles. The van der Waals surface area contributed by atoms with Gasteiger partial charge in [-0.25, -0.2) is 4.79 Å². The van der Waals surface area contributed by atoms with Gasteiger partial charge in [0.25, 0.3) is 5.91 Å². The highest BCUT2D eigenvalue weighted by molar-refractivity contribution is 7.16. The van der Waals surface area contributed by atoms with Crippen LogP contribution in [-0.2, 0) is 25.6 Å². The molecular formula is C25H25N3O6S. The topological polar surface area (TPSA) is 107 Å². The van der Waals surface area contributed by atoms with Crippen LogP contribution < -0.4 is 9.70 Å². The number of anilines is 1. The molecule has 1 aliphatic rings. The molecule has 10 heteroatoms. The molecule has 1 fully saturated rings. The molecule has 1 aliphatic heterocycles. The van der Waals surface area contributed by atoms with Crippen LogP contribution in [0.4, 0.5) is 5.69 Å². The van der Waals surface area contributed by atoms with Gasteiger partial charge in [0.05, 0.1) is 34.7 Å². The van der Waals surface area contributed by atoms with Crippen molar-refractivity contribution in [1.82, 2.24) is 4.57 Å². The molecular weight excluding hydrogens is 470 g/mol. The third-order valence-electron chi connectivity index (χ3n) is 5.48. The summed E-state index contributed by atoms with van der Waals surface area (Å²) in [5.41, 5.74) is 2.02. The van der Waals surface area contributed by atoms with Crippen molar-refractivity contribution in [3.8, 4) is 0 Å². The summed E-state index contributed by atoms with van der Waals surface area (Å²) < 4.78 is 13.3. The second-order valence-electron chi connectivity index (χ2n) is 7.72. The number of rotatable bonds is 8. The Kier molecular flexibility index (Phi) is 7.52. The summed E-state index contributed by atoms with van der Waals surface area (Å²) in [6.45, 7) is 5.43. The van der Waals surface area contributed by atoms with Gasteiger partial charge in [-0.1, -0.05) is 11.3 Å². The highest BCUT2D eigenvalue weighted by Crippen LogP contribution is 2.23. The van der Waals surface area contributed by atoms with Crippen LogP contribution in [0.25, 0.3) is 10.2 Å². The predicted molar refractivity (Wildman–Crippen MR) is 130 cm³/mol. The number of amides is 3. The zero-order valence-electron chi connectivity index (χ0n) is 19.5. The van der Waals surface area contributed by atoms with E-state index in [1.807, 2.05) is 17.6 Å². The highest BCUT2D eigenvalue weighted by atomic mass is 32.1. The van der Waals surface area contributed by atoms with Crippen molar-refractivity contribution < 1.29 is 28.7 Å². The fraction of sp³-hybridized carbons (Fsp3) is 0.320. The van der Waals surface area contributed by atoms with Gasteiger partial charge in [-0.3, -0.25) is 19.3 Å². The maximum Gasteiger partial charge on any atom is 0.338 e. The Morgan fingerprint density at radius 1 is 0.971 bits per heavy atom. The number of carbonyl (C=O) groups excluding carboxylic acids is 4. The van der Waals surface area contributed by atoms with Gasteiger partial charge in [-0.05, 0) is 56.3 Å². The summed E-state index contributed by atoms with van der Waals surface area (Å²) in [6, 6.07) is 11.5. The van der Waals surface area contributed by atoms with Crippen LogP contribution in [-0.4, -0.2) is 48.1 Å². The first kappa shape index (κ1) is 24.5. The monoisotopic (exact) mass is 495 g/mol. The van der Waals surface area contributed by atoms with Crippen molar-refractivity contribution in [1.29, 1.82) is 0 Å².